The minimum absolute atomic E-state index is 0.0351. The van der Waals surface area contributed by atoms with Crippen LogP contribution in [0.25, 0.3) is 0 Å². The van der Waals surface area contributed by atoms with Crippen LogP contribution in [-0.2, 0) is 4.79 Å². The first-order valence-corrected chi connectivity index (χ1v) is 7.81. The van der Waals surface area contributed by atoms with Gasteiger partial charge in [-0.2, -0.15) is 0 Å². The van der Waals surface area contributed by atoms with E-state index in [2.05, 4.69) is 0 Å². The summed E-state index contributed by atoms with van der Waals surface area (Å²) in [7, 11) is 1.70. The van der Waals surface area contributed by atoms with Crippen molar-refractivity contribution in [3.8, 4) is 0 Å². The number of benzene rings is 2. The molecule has 23 heavy (non-hydrogen) atoms. The highest BCUT2D eigenvalue weighted by Gasteiger charge is 2.20. The summed E-state index contributed by atoms with van der Waals surface area (Å²) in [5.74, 6) is -0.326. The second-order valence-electron chi connectivity index (χ2n) is 5.76. The summed E-state index contributed by atoms with van der Waals surface area (Å²) >= 11 is 0. The Kier molecular flexibility index (Phi) is 5.88. The lowest BCUT2D eigenvalue weighted by Gasteiger charge is -2.26. The molecule has 3 nitrogen and oxygen atoms in total. The van der Waals surface area contributed by atoms with Crippen molar-refractivity contribution in [3.05, 3.63) is 71.5 Å². The molecular weight excluding hydrogens is 291 g/mol. The standard InChI is InChI=1S/C19H23FN2O/c1-14(16-10-6-7-11-17(16)20)22(2)19(23)13-12-18(21)15-8-4-3-5-9-15/h3-11,14,18H,12-13,21H2,1-2H3/t14-,18+/m1/s1. The van der Waals surface area contributed by atoms with E-state index >= 15 is 0 Å². The normalized spacial score (nSPS) is 13.4. The molecule has 0 fully saturated rings. The van der Waals surface area contributed by atoms with Crippen molar-refractivity contribution in [2.45, 2.75) is 31.8 Å². The van der Waals surface area contributed by atoms with Crippen LogP contribution in [0.15, 0.2) is 54.6 Å². The molecule has 2 N–H and O–H groups in total. The van der Waals surface area contributed by atoms with Crippen molar-refractivity contribution in [1.29, 1.82) is 0 Å². The Balaban J connectivity index is 1.94. The predicted octanol–water partition coefficient (Wildman–Crippen LogP) is 3.83. The third-order valence-electron chi connectivity index (χ3n) is 4.23. The lowest BCUT2D eigenvalue weighted by atomic mass is 10.0. The quantitative estimate of drug-likeness (QED) is 0.881. The van der Waals surface area contributed by atoms with Crippen molar-refractivity contribution in [2.75, 3.05) is 7.05 Å². The molecule has 2 aromatic rings. The molecule has 0 heterocycles. The molecule has 0 aliphatic carbocycles. The van der Waals surface area contributed by atoms with E-state index < -0.39 is 0 Å². The van der Waals surface area contributed by atoms with E-state index in [9.17, 15) is 9.18 Å². The molecular formula is C19H23FN2O. The van der Waals surface area contributed by atoms with Crippen LogP contribution in [0.3, 0.4) is 0 Å². The maximum atomic E-state index is 13.8. The van der Waals surface area contributed by atoms with Gasteiger partial charge in [0.25, 0.3) is 0 Å². The van der Waals surface area contributed by atoms with Gasteiger partial charge in [-0.25, -0.2) is 4.39 Å². The van der Waals surface area contributed by atoms with Crippen LogP contribution in [0, 0.1) is 5.82 Å². The van der Waals surface area contributed by atoms with Crippen LogP contribution in [0.4, 0.5) is 4.39 Å². The van der Waals surface area contributed by atoms with E-state index in [1.165, 1.54) is 6.07 Å². The first-order chi connectivity index (χ1) is 11.0. The van der Waals surface area contributed by atoms with E-state index in [1.807, 2.05) is 37.3 Å². The van der Waals surface area contributed by atoms with E-state index in [0.717, 1.165) is 5.56 Å². The monoisotopic (exact) mass is 314 g/mol. The molecule has 0 aliphatic heterocycles. The summed E-state index contributed by atoms with van der Waals surface area (Å²) in [6.45, 7) is 1.83. The van der Waals surface area contributed by atoms with Gasteiger partial charge in [0.2, 0.25) is 5.91 Å². The van der Waals surface area contributed by atoms with Crippen molar-refractivity contribution in [3.63, 3.8) is 0 Å². The number of carbonyl (C=O) groups excluding carboxylic acids is 1. The van der Waals surface area contributed by atoms with Gasteiger partial charge < -0.3 is 10.6 Å². The van der Waals surface area contributed by atoms with Gasteiger partial charge >= 0.3 is 0 Å². The lowest BCUT2D eigenvalue weighted by Crippen LogP contribution is -2.30. The topological polar surface area (TPSA) is 46.3 Å². The Bertz CT molecular complexity index is 645. The Hall–Kier alpha value is -2.20. The minimum Gasteiger partial charge on any atom is -0.339 e. The summed E-state index contributed by atoms with van der Waals surface area (Å²) in [5, 5.41) is 0. The highest BCUT2D eigenvalue weighted by atomic mass is 19.1. The number of hydrogen-bond donors (Lipinski definition) is 1. The zero-order valence-corrected chi connectivity index (χ0v) is 13.6. The van der Waals surface area contributed by atoms with Gasteiger partial charge in [0, 0.05) is 25.1 Å². The highest BCUT2D eigenvalue weighted by Crippen LogP contribution is 2.23. The molecule has 0 spiro atoms. The molecule has 2 rings (SSSR count). The molecule has 0 saturated heterocycles. The molecule has 2 aromatic carbocycles. The molecule has 0 unspecified atom stereocenters. The Morgan fingerprint density at radius 1 is 1.13 bits per heavy atom. The fourth-order valence-electron chi connectivity index (χ4n) is 2.56. The maximum Gasteiger partial charge on any atom is 0.222 e. The summed E-state index contributed by atoms with van der Waals surface area (Å²) in [6, 6.07) is 15.8. The Morgan fingerprint density at radius 2 is 1.74 bits per heavy atom. The number of amides is 1. The Labute approximate surface area is 136 Å². The predicted molar refractivity (Wildman–Crippen MR) is 90.2 cm³/mol. The van der Waals surface area contributed by atoms with Crippen LogP contribution < -0.4 is 5.73 Å². The van der Waals surface area contributed by atoms with Crippen molar-refractivity contribution >= 4 is 5.91 Å². The number of hydrogen-bond acceptors (Lipinski definition) is 2. The van der Waals surface area contributed by atoms with Crippen LogP contribution in [-0.4, -0.2) is 17.9 Å². The number of halogens is 1. The lowest BCUT2D eigenvalue weighted by molar-refractivity contribution is -0.132. The summed E-state index contributed by atoms with van der Waals surface area (Å²) in [4.78, 5) is 13.9. The van der Waals surface area contributed by atoms with E-state index in [1.54, 1.807) is 30.1 Å². The second-order valence-corrected chi connectivity index (χ2v) is 5.76. The fraction of sp³-hybridized carbons (Fsp3) is 0.316. The van der Waals surface area contributed by atoms with E-state index in [0.29, 0.717) is 18.4 Å². The molecule has 0 aliphatic rings. The average Bonchev–Trinajstić information content (AvgIpc) is 2.59. The van der Waals surface area contributed by atoms with Crippen LogP contribution in [0.2, 0.25) is 0 Å². The van der Waals surface area contributed by atoms with E-state index in [4.69, 9.17) is 5.73 Å². The summed E-state index contributed by atoms with van der Waals surface area (Å²) < 4.78 is 13.8. The van der Waals surface area contributed by atoms with Gasteiger partial charge in [0.1, 0.15) is 5.82 Å². The Morgan fingerprint density at radius 3 is 2.39 bits per heavy atom. The third-order valence-corrected chi connectivity index (χ3v) is 4.23. The highest BCUT2D eigenvalue weighted by molar-refractivity contribution is 5.76. The van der Waals surface area contributed by atoms with E-state index in [-0.39, 0.29) is 23.8 Å². The number of nitrogens with two attached hydrogens (primary N) is 1. The number of carbonyl (C=O) groups is 1. The number of nitrogens with zero attached hydrogens (tertiary/aromatic N) is 1. The molecule has 0 saturated carbocycles. The average molecular weight is 314 g/mol. The molecule has 0 radical (unpaired) electrons. The summed E-state index contributed by atoms with van der Waals surface area (Å²) in [5.41, 5.74) is 7.67. The summed E-state index contributed by atoms with van der Waals surface area (Å²) in [6.07, 6.45) is 0.905. The smallest absolute Gasteiger partial charge is 0.222 e. The van der Waals surface area contributed by atoms with Crippen molar-refractivity contribution < 1.29 is 9.18 Å². The zero-order valence-electron chi connectivity index (χ0n) is 13.6. The van der Waals surface area contributed by atoms with Crippen LogP contribution >= 0.6 is 0 Å². The van der Waals surface area contributed by atoms with Crippen LogP contribution in [0.5, 0.6) is 0 Å². The molecule has 1 amide bonds. The fourth-order valence-corrected chi connectivity index (χ4v) is 2.56. The molecule has 2 atom stereocenters. The first-order valence-electron chi connectivity index (χ1n) is 7.81. The molecule has 4 heteroatoms. The van der Waals surface area contributed by atoms with Gasteiger partial charge in [0.05, 0.1) is 6.04 Å². The van der Waals surface area contributed by atoms with Gasteiger partial charge in [0.15, 0.2) is 0 Å². The van der Waals surface area contributed by atoms with Crippen LogP contribution in [0.1, 0.15) is 43.0 Å². The molecule has 0 aromatic heterocycles. The van der Waals surface area contributed by atoms with Crippen molar-refractivity contribution in [2.24, 2.45) is 5.73 Å². The molecule has 0 bridgehead atoms. The minimum atomic E-state index is -0.309. The van der Waals surface area contributed by atoms with Gasteiger partial charge in [-0.3, -0.25) is 4.79 Å². The zero-order chi connectivity index (χ0) is 16.8. The van der Waals surface area contributed by atoms with Gasteiger partial charge in [-0.15, -0.1) is 0 Å². The number of rotatable bonds is 6. The SMILES string of the molecule is C[C@H](c1ccccc1F)N(C)C(=O)CC[C@H](N)c1ccccc1. The maximum absolute atomic E-state index is 13.8. The van der Waals surface area contributed by atoms with Gasteiger partial charge in [-0.1, -0.05) is 48.5 Å². The molecule has 122 valence electrons. The first kappa shape index (κ1) is 17.2. The largest absolute Gasteiger partial charge is 0.339 e. The second kappa shape index (κ2) is 7.88. The van der Waals surface area contributed by atoms with Gasteiger partial charge in [-0.05, 0) is 25.0 Å². The third kappa shape index (κ3) is 4.39. The van der Waals surface area contributed by atoms with Crippen molar-refractivity contribution in [1.82, 2.24) is 4.90 Å².